The van der Waals surface area contributed by atoms with Gasteiger partial charge in [-0.05, 0) is 38.0 Å². The van der Waals surface area contributed by atoms with Crippen LogP contribution < -0.4 is 5.32 Å². The molecule has 0 bridgehead atoms. The predicted molar refractivity (Wildman–Crippen MR) is 75.1 cm³/mol. The van der Waals surface area contributed by atoms with Crippen LogP contribution in [0.15, 0.2) is 0 Å². The van der Waals surface area contributed by atoms with Crippen molar-refractivity contribution in [2.75, 3.05) is 12.0 Å². The van der Waals surface area contributed by atoms with Gasteiger partial charge in [0.15, 0.2) is 0 Å². The van der Waals surface area contributed by atoms with Crippen LogP contribution in [-0.4, -0.2) is 42.9 Å². The van der Waals surface area contributed by atoms with Gasteiger partial charge in [-0.1, -0.05) is 6.92 Å². The van der Waals surface area contributed by atoms with Crippen molar-refractivity contribution in [2.45, 2.75) is 51.0 Å². The summed E-state index contributed by atoms with van der Waals surface area (Å²) in [5, 5.41) is 12.0. The first-order chi connectivity index (χ1) is 9.15. The first kappa shape index (κ1) is 16.9. The minimum absolute atomic E-state index is 0.0393. The van der Waals surface area contributed by atoms with Gasteiger partial charge in [-0.15, -0.1) is 0 Å². The lowest BCUT2D eigenvalue weighted by Crippen LogP contribution is -2.56. The van der Waals surface area contributed by atoms with E-state index in [0.29, 0.717) is 18.8 Å². The van der Waals surface area contributed by atoms with Crippen LogP contribution in [0.1, 0.15) is 45.4 Å². The minimum Gasteiger partial charge on any atom is -0.480 e. The highest BCUT2D eigenvalue weighted by Gasteiger charge is 2.42. The van der Waals surface area contributed by atoms with Gasteiger partial charge < -0.3 is 10.4 Å². The lowest BCUT2D eigenvalue weighted by atomic mass is 9.77. The van der Waals surface area contributed by atoms with Crippen molar-refractivity contribution in [2.24, 2.45) is 5.92 Å². The molecule has 116 valence electrons. The van der Waals surface area contributed by atoms with Gasteiger partial charge in [0.1, 0.15) is 15.4 Å². The van der Waals surface area contributed by atoms with E-state index in [1.807, 2.05) is 0 Å². The molecule has 1 fully saturated rings. The number of hydrogen-bond donors (Lipinski definition) is 2. The molecule has 0 aromatic heterocycles. The molecule has 0 unspecified atom stereocenters. The van der Waals surface area contributed by atoms with Gasteiger partial charge in [0.25, 0.3) is 0 Å². The van der Waals surface area contributed by atoms with Crippen LogP contribution in [0.4, 0.5) is 0 Å². The maximum atomic E-state index is 11.8. The average Bonchev–Trinajstić information content (AvgIpc) is 2.30. The number of carbonyl (C=O) groups excluding carboxylic acids is 1. The standard InChI is InChI=1S/C13H23NO5S/c1-10-5-7-13(8-6-10,12(16)17)14-11(15)4-3-9-20(2,18)19/h10H,3-9H2,1-2H3,(H,14,15)(H,16,17). The van der Waals surface area contributed by atoms with E-state index in [1.165, 1.54) is 0 Å². The molecule has 1 aliphatic rings. The Morgan fingerprint density at radius 2 is 1.85 bits per heavy atom. The number of carboxylic acid groups (broad SMARTS) is 1. The number of aliphatic carboxylic acids is 1. The Bertz CT molecular complexity index is 463. The highest BCUT2D eigenvalue weighted by molar-refractivity contribution is 7.90. The molecule has 0 aromatic carbocycles. The minimum atomic E-state index is -3.09. The summed E-state index contributed by atoms with van der Waals surface area (Å²) in [6.45, 7) is 2.07. The third kappa shape index (κ3) is 5.11. The summed E-state index contributed by atoms with van der Waals surface area (Å²) in [5.41, 5.74) is -1.17. The second-order valence-electron chi connectivity index (χ2n) is 5.85. The molecule has 20 heavy (non-hydrogen) atoms. The molecule has 6 nitrogen and oxygen atoms in total. The Morgan fingerprint density at radius 3 is 2.30 bits per heavy atom. The number of amides is 1. The fourth-order valence-electron chi connectivity index (χ4n) is 2.47. The molecule has 0 spiro atoms. The molecule has 0 saturated heterocycles. The second-order valence-corrected chi connectivity index (χ2v) is 8.11. The summed E-state index contributed by atoms with van der Waals surface area (Å²) < 4.78 is 22.0. The molecular weight excluding hydrogens is 282 g/mol. The zero-order valence-corrected chi connectivity index (χ0v) is 12.8. The Balaban J connectivity index is 2.54. The van der Waals surface area contributed by atoms with Crippen LogP contribution in [0.25, 0.3) is 0 Å². The summed E-state index contributed by atoms with van der Waals surface area (Å²) >= 11 is 0. The SMILES string of the molecule is CC1CCC(NC(=O)CCCS(C)(=O)=O)(C(=O)O)CC1. The van der Waals surface area contributed by atoms with Crippen LogP contribution in [0, 0.1) is 5.92 Å². The van der Waals surface area contributed by atoms with Crippen LogP contribution in [0.3, 0.4) is 0 Å². The van der Waals surface area contributed by atoms with Gasteiger partial charge in [-0.25, -0.2) is 13.2 Å². The molecule has 0 aromatic rings. The second kappa shape index (κ2) is 6.56. The summed E-state index contributed by atoms with van der Waals surface area (Å²) in [6.07, 6.45) is 3.79. The van der Waals surface area contributed by atoms with Crippen molar-refractivity contribution in [1.82, 2.24) is 5.32 Å². The lowest BCUT2D eigenvalue weighted by molar-refractivity contribution is -0.149. The van der Waals surface area contributed by atoms with Gasteiger partial charge >= 0.3 is 5.97 Å². The maximum absolute atomic E-state index is 11.8. The molecule has 7 heteroatoms. The highest BCUT2D eigenvalue weighted by Crippen LogP contribution is 2.32. The fourth-order valence-corrected chi connectivity index (χ4v) is 3.14. The van der Waals surface area contributed by atoms with E-state index in [0.717, 1.165) is 19.1 Å². The third-order valence-corrected chi connectivity index (χ3v) is 4.87. The van der Waals surface area contributed by atoms with Gasteiger partial charge in [-0.2, -0.15) is 0 Å². The highest BCUT2D eigenvalue weighted by atomic mass is 32.2. The third-order valence-electron chi connectivity index (χ3n) is 3.83. The van der Waals surface area contributed by atoms with E-state index in [1.54, 1.807) is 0 Å². The Kier molecular flexibility index (Phi) is 5.56. The summed E-state index contributed by atoms with van der Waals surface area (Å²) in [4.78, 5) is 23.3. The lowest BCUT2D eigenvalue weighted by Gasteiger charge is -2.36. The van der Waals surface area contributed by atoms with E-state index in [4.69, 9.17) is 0 Å². The van der Waals surface area contributed by atoms with Gasteiger partial charge in [-0.3, -0.25) is 4.79 Å². The van der Waals surface area contributed by atoms with Gasteiger partial charge in [0, 0.05) is 12.7 Å². The molecule has 1 saturated carbocycles. The Labute approximate surface area is 119 Å². The Morgan fingerprint density at radius 1 is 1.30 bits per heavy atom. The molecule has 0 radical (unpaired) electrons. The van der Waals surface area contributed by atoms with Crippen molar-refractivity contribution >= 4 is 21.7 Å². The van der Waals surface area contributed by atoms with Crippen molar-refractivity contribution in [1.29, 1.82) is 0 Å². The quantitative estimate of drug-likeness (QED) is 0.761. The van der Waals surface area contributed by atoms with E-state index in [-0.39, 0.29) is 24.5 Å². The zero-order valence-electron chi connectivity index (χ0n) is 12.0. The van der Waals surface area contributed by atoms with Crippen molar-refractivity contribution in [3.05, 3.63) is 0 Å². The molecule has 1 amide bonds. The molecule has 0 atom stereocenters. The van der Waals surface area contributed by atoms with Crippen LogP contribution >= 0.6 is 0 Å². The number of sulfone groups is 1. The smallest absolute Gasteiger partial charge is 0.329 e. The predicted octanol–water partition coefficient (Wildman–Crippen LogP) is 0.961. The number of rotatable bonds is 6. The molecule has 0 heterocycles. The maximum Gasteiger partial charge on any atom is 0.329 e. The molecule has 1 aliphatic carbocycles. The monoisotopic (exact) mass is 305 g/mol. The topological polar surface area (TPSA) is 101 Å². The average molecular weight is 305 g/mol. The number of carboxylic acids is 1. The van der Waals surface area contributed by atoms with Gasteiger partial charge in [0.2, 0.25) is 5.91 Å². The van der Waals surface area contributed by atoms with E-state index in [9.17, 15) is 23.1 Å². The summed E-state index contributed by atoms with van der Waals surface area (Å²) in [7, 11) is -3.09. The van der Waals surface area contributed by atoms with E-state index < -0.39 is 21.3 Å². The first-order valence-electron chi connectivity index (χ1n) is 6.87. The van der Waals surface area contributed by atoms with E-state index in [2.05, 4.69) is 12.2 Å². The van der Waals surface area contributed by atoms with Crippen LogP contribution in [0.2, 0.25) is 0 Å². The molecule has 1 rings (SSSR count). The molecular formula is C13H23NO5S. The first-order valence-corrected chi connectivity index (χ1v) is 8.93. The van der Waals surface area contributed by atoms with Crippen molar-refractivity contribution in [3.63, 3.8) is 0 Å². The van der Waals surface area contributed by atoms with Crippen LogP contribution in [0.5, 0.6) is 0 Å². The molecule has 0 aliphatic heterocycles. The fraction of sp³-hybridized carbons (Fsp3) is 0.846. The van der Waals surface area contributed by atoms with Crippen LogP contribution in [-0.2, 0) is 19.4 Å². The molecule has 2 N–H and O–H groups in total. The summed E-state index contributed by atoms with van der Waals surface area (Å²) in [6, 6.07) is 0. The number of nitrogens with one attached hydrogen (secondary N) is 1. The van der Waals surface area contributed by atoms with Crippen molar-refractivity contribution < 1.29 is 23.1 Å². The number of carbonyl (C=O) groups is 2. The summed E-state index contributed by atoms with van der Waals surface area (Å²) in [5.74, 6) is -0.964. The number of hydrogen-bond acceptors (Lipinski definition) is 4. The Hall–Kier alpha value is -1.11. The zero-order chi connectivity index (χ0) is 15.4. The normalized spacial score (nSPS) is 27.0. The largest absolute Gasteiger partial charge is 0.480 e. The van der Waals surface area contributed by atoms with Gasteiger partial charge in [0.05, 0.1) is 5.75 Å². The van der Waals surface area contributed by atoms with Crippen molar-refractivity contribution in [3.8, 4) is 0 Å². The van der Waals surface area contributed by atoms with E-state index >= 15 is 0 Å².